The summed E-state index contributed by atoms with van der Waals surface area (Å²) in [7, 11) is 0. The van der Waals surface area contributed by atoms with Gasteiger partial charge in [-0.25, -0.2) is 4.98 Å². The largest absolute Gasteiger partial charge is 0.436 e. The standard InChI is InChI=1S/C15H25N3O2/c1-11-13(20-12(2)17-11)14(19)16-10-15(3,4)18-8-6-5-7-9-18/h5-10H2,1-4H3,(H,16,19). The van der Waals surface area contributed by atoms with Crippen molar-refractivity contribution in [2.24, 2.45) is 0 Å². The van der Waals surface area contributed by atoms with Crippen LogP contribution in [0.1, 0.15) is 55.2 Å². The molecule has 0 bridgehead atoms. The molecule has 0 aromatic carbocycles. The van der Waals surface area contributed by atoms with Gasteiger partial charge in [0, 0.05) is 19.0 Å². The predicted molar refractivity (Wildman–Crippen MR) is 77.8 cm³/mol. The number of aromatic nitrogens is 1. The fourth-order valence-corrected chi connectivity index (χ4v) is 2.73. The number of oxazole rings is 1. The van der Waals surface area contributed by atoms with Crippen LogP contribution < -0.4 is 5.32 Å². The van der Waals surface area contributed by atoms with Gasteiger partial charge in [-0.2, -0.15) is 0 Å². The number of likely N-dealkylation sites (tertiary alicyclic amines) is 1. The van der Waals surface area contributed by atoms with E-state index in [0.717, 1.165) is 13.1 Å². The molecular weight excluding hydrogens is 254 g/mol. The summed E-state index contributed by atoms with van der Waals surface area (Å²) in [6.45, 7) is 10.7. The van der Waals surface area contributed by atoms with E-state index in [2.05, 4.69) is 29.0 Å². The van der Waals surface area contributed by atoms with Crippen molar-refractivity contribution in [2.75, 3.05) is 19.6 Å². The number of amides is 1. The molecule has 5 nitrogen and oxygen atoms in total. The highest BCUT2D eigenvalue weighted by Crippen LogP contribution is 2.20. The van der Waals surface area contributed by atoms with Crippen LogP contribution in [0.4, 0.5) is 0 Å². The van der Waals surface area contributed by atoms with E-state index in [9.17, 15) is 4.79 Å². The third-order valence-electron chi connectivity index (χ3n) is 4.00. The van der Waals surface area contributed by atoms with Gasteiger partial charge in [-0.3, -0.25) is 9.69 Å². The van der Waals surface area contributed by atoms with E-state index >= 15 is 0 Å². The van der Waals surface area contributed by atoms with Crippen LogP contribution in [-0.4, -0.2) is 41.0 Å². The Hall–Kier alpha value is -1.36. The second-order valence-corrected chi connectivity index (χ2v) is 6.19. The maximum atomic E-state index is 12.1. The Balaban J connectivity index is 1.93. The van der Waals surface area contributed by atoms with Gasteiger partial charge in [0.1, 0.15) is 0 Å². The van der Waals surface area contributed by atoms with Gasteiger partial charge in [0.05, 0.1) is 5.69 Å². The van der Waals surface area contributed by atoms with Crippen LogP contribution in [0.5, 0.6) is 0 Å². The molecule has 1 aromatic heterocycles. The first kappa shape index (κ1) is 15.0. The Bertz CT molecular complexity index is 473. The van der Waals surface area contributed by atoms with Crippen LogP contribution in [0, 0.1) is 13.8 Å². The lowest BCUT2D eigenvalue weighted by molar-refractivity contribution is 0.0778. The average Bonchev–Trinajstić information content (AvgIpc) is 2.76. The number of piperidine rings is 1. The van der Waals surface area contributed by atoms with E-state index in [1.807, 2.05) is 0 Å². The lowest BCUT2D eigenvalue weighted by Gasteiger charge is -2.41. The van der Waals surface area contributed by atoms with E-state index in [1.165, 1.54) is 19.3 Å². The molecule has 1 fully saturated rings. The van der Waals surface area contributed by atoms with Crippen molar-refractivity contribution in [3.8, 4) is 0 Å². The SMILES string of the molecule is Cc1nc(C)c(C(=O)NCC(C)(C)N2CCCCC2)o1. The molecular formula is C15H25N3O2. The van der Waals surface area contributed by atoms with Crippen molar-refractivity contribution in [3.05, 3.63) is 17.3 Å². The molecule has 1 saturated heterocycles. The zero-order chi connectivity index (χ0) is 14.8. The molecule has 0 aliphatic carbocycles. The first-order valence-electron chi connectivity index (χ1n) is 7.37. The molecule has 1 aliphatic rings. The van der Waals surface area contributed by atoms with Crippen LogP contribution in [-0.2, 0) is 0 Å². The predicted octanol–water partition coefficient (Wildman–Crippen LogP) is 2.29. The number of carbonyl (C=O) groups excluding carboxylic acids is 1. The highest BCUT2D eigenvalue weighted by molar-refractivity contribution is 5.92. The first-order chi connectivity index (χ1) is 9.40. The Kier molecular flexibility index (Phi) is 4.48. The minimum Gasteiger partial charge on any atom is -0.436 e. The lowest BCUT2D eigenvalue weighted by Crippen LogP contribution is -2.53. The third kappa shape index (κ3) is 3.39. The summed E-state index contributed by atoms with van der Waals surface area (Å²) < 4.78 is 5.35. The van der Waals surface area contributed by atoms with Crippen molar-refractivity contribution >= 4 is 5.91 Å². The molecule has 1 amide bonds. The third-order valence-corrected chi connectivity index (χ3v) is 4.00. The molecule has 20 heavy (non-hydrogen) atoms. The van der Waals surface area contributed by atoms with Crippen molar-refractivity contribution < 1.29 is 9.21 Å². The minimum absolute atomic E-state index is 0.0287. The number of hydrogen-bond acceptors (Lipinski definition) is 4. The average molecular weight is 279 g/mol. The molecule has 2 rings (SSSR count). The number of nitrogens with one attached hydrogen (secondary N) is 1. The van der Waals surface area contributed by atoms with Gasteiger partial charge >= 0.3 is 0 Å². The Morgan fingerprint density at radius 3 is 2.50 bits per heavy atom. The number of aryl methyl sites for hydroxylation is 2. The molecule has 0 unspecified atom stereocenters. The van der Waals surface area contributed by atoms with Gasteiger partial charge in [0.15, 0.2) is 5.89 Å². The van der Waals surface area contributed by atoms with Crippen molar-refractivity contribution in [1.82, 2.24) is 15.2 Å². The number of hydrogen-bond donors (Lipinski definition) is 1. The molecule has 0 saturated carbocycles. The number of nitrogens with zero attached hydrogens (tertiary/aromatic N) is 2. The highest BCUT2D eigenvalue weighted by atomic mass is 16.4. The summed E-state index contributed by atoms with van der Waals surface area (Å²) in [6, 6.07) is 0. The fourth-order valence-electron chi connectivity index (χ4n) is 2.73. The van der Waals surface area contributed by atoms with E-state index in [1.54, 1.807) is 13.8 Å². The Labute approximate surface area is 120 Å². The highest BCUT2D eigenvalue weighted by Gasteiger charge is 2.29. The number of carbonyl (C=O) groups is 1. The first-order valence-corrected chi connectivity index (χ1v) is 7.37. The van der Waals surface area contributed by atoms with Crippen LogP contribution in [0.15, 0.2) is 4.42 Å². The van der Waals surface area contributed by atoms with Crippen molar-refractivity contribution in [2.45, 2.75) is 52.5 Å². The monoisotopic (exact) mass is 279 g/mol. The van der Waals surface area contributed by atoms with Gasteiger partial charge < -0.3 is 9.73 Å². The fraction of sp³-hybridized carbons (Fsp3) is 0.733. The smallest absolute Gasteiger partial charge is 0.289 e. The minimum atomic E-state index is -0.173. The van der Waals surface area contributed by atoms with E-state index in [-0.39, 0.29) is 11.4 Å². The van der Waals surface area contributed by atoms with Crippen LogP contribution in [0.3, 0.4) is 0 Å². The van der Waals surface area contributed by atoms with Gasteiger partial charge in [-0.1, -0.05) is 6.42 Å². The second-order valence-electron chi connectivity index (χ2n) is 6.19. The van der Waals surface area contributed by atoms with Gasteiger partial charge in [-0.15, -0.1) is 0 Å². The van der Waals surface area contributed by atoms with Crippen molar-refractivity contribution in [3.63, 3.8) is 0 Å². The lowest BCUT2D eigenvalue weighted by atomic mass is 9.98. The van der Waals surface area contributed by atoms with E-state index in [0.29, 0.717) is 23.9 Å². The zero-order valence-electron chi connectivity index (χ0n) is 13.0. The summed E-state index contributed by atoms with van der Waals surface area (Å²) >= 11 is 0. The van der Waals surface area contributed by atoms with Crippen LogP contribution in [0.2, 0.25) is 0 Å². The molecule has 1 aliphatic heterocycles. The molecule has 5 heteroatoms. The van der Waals surface area contributed by atoms with Gasteiger partial charge in [0.2, 0.25) is 5.76 Å². The molecule has 0 atom stereocenters. The van der Waals surface area contributed by atoms with Crippen LogP contribution >= 0.6 is 0 Å². The maximum absolute atomic E-state index is 12.1. The van der Waals surface area contributed by atoms with Crippen molar-refractivity contribution in [1.29, 1.82) is 0 Å². The van der Waals surface area contributed by atoms with E-state index in [4.69, 9.17) is 4.42 Å². The quantitative estimate of drug-likeness (QED) is 0.918. The van der Waals surface area contributed by atoms with Crippen LogP contribution in [0.25, 0.3) is 0 Å². The zero-order valence-corrected chi connectivity index (χ0v) is 13.0. The second kappa shape index (κ2) is 5.95. The van der Waals surface area contributed by atoms with Gasteiger partial charge in [-0.05, 0) is 46.7 Å². The summed E-state index contributed by atoms with van der Waals surface area (Å²) in [5.74, 6) is 0.688. The molecule has 0 spiro atoms. The summed E-state index contributed by atoms with van der Waals surface area (Å²) in [4.78, 5) is 18.7. The Morgan fingerprint density at radius 1 is 1.30 bits per heavy atom. The molecule has 1 aromatic rings. The summed E-state index contributed by atoms with van der Waals surface area (Å²) in [6.07, 6.45) is 3.81. The summed E-state index contributed by atoms with van der Waals surface area (Å²) in [5, 5.41) is 2.98. The maximum Gasteiger partial charge on any atom is 0.289 e. The molecule has 2 heterocycles. The van der Waals surface area contributed by atoms with E-state index < -0.39 is 0 Å². The molecule has 1 N–H and O–H groups in total. The summed E-state index contributed by atoms with van der Waals surface area (Å²) in [5.41, 5.74) is 0.620. The van der Waals surface area contributed by atoms with Gasteiger partial charge in [0.25, 0.3) is 5.91 Å². The number of rotatable bonds is 4. The topological polar surface area (TPSA) is 58.4 Å². The Morgan fingerprint density at radius 2 is 1.95 bits per heavy atom. The normalized spacial score (nSPS) is 17.2. The molecule has 112 valence electrons. The molecule has 0 radical (unpaired) electrons.